The fourth-order valence-electron chi connectivity index (χ4n) is 3.15. The smallest absolute Gasteiger partial charge is 0.205 e. The Kier molecular flexibility index (Phi) is 4.74. The molecule has 2 heterocycles. The van der Waals surface area contributed by atoms with Crippen LogP contribution in [0.5, 0.6) is 0 Å². The number of aromatic nitrogens is 7. The number of aryl methyl sites for hydroxylation is 2. The van der Waals surface area contributed by atoms with Crippen molar-refractivity contribution in [3.63, 3.8) is 0 Å². The molecule has 7 nitrogen and oxygen atoms in total. The Balaban J connectivity index is 1.61. The number of hydrogen-bond donors (Lipinski definition) is 1. The number of tetrazole rings is 1. The van der Waals surface area contributed by atoms with Crippen LogP contribution >= 0.6 is 0 Å². The molecule has 7 heteroatoms. The van der Waals surface area contributed by atoms with Gasteiger partial charge in [-0.05, 0) is 28.8 Å². The van der Waals surface area contributed by atoms with Gasteiger partial charge < -0.3 is 0 Å². The summed E-state index contributed by atoms with van der Waals surface area (Å²) in [4.78, 5) is 4.65. The Morgan fingerprint density at radius 1 is 0.963 bits per heavy atom. The van der Waals surface area contributed by atoms with Gasteiger partial charge in [0.25, 0.3) is 0 Å². The number of benzene rings is 2. The SMILES string of the molecule is CCc1nc(Cc2ccc(-c3ccccc3-c3nn[nH]n3)cc2)n(CC)n1. The summed E-state index contributed by atoms with van der Waals surface area (Å²) >= 11 is 0. The molecular weight excluding hydrogens is 338 g/mol. The first-order valence-electron chi connectivity index (χ1n) is 9.13. The van der Waals surface area contributed by atoms with E-state index in [4.69, 9.17) is 0 Å². The summed E-state index contributed by atoms with van der Waals surface area (Å²) in [5, 5.41) is 18.9. The maximum absolute atomic E-state index is 4.65. The maximum Gasteiger partial charge on any atom is 0.205 e. The summed E-state index contributed by atoms with van der Waals surface area (Å²) in [6, 6.07) is 16.6. The lowest BCUT2D eigenvalue weighted by Crippen LogP contribution is -2.04. The van der Waals surface area contributed by atoms with Crippen molar-refractivity contribution >= 4 is 0 Å². The van der Waals surface area contributed by atoms with Gasteiger partial charge in [0, 0.05) is 24.9 Å². The topological polar surface area (TPSA) is 85.2 Å². The van der Waals surface area contributed by atoms with Gasteiger partial charge in [0.1, 0.15) is 5.82 Å². The molecular formula is C20H21N7. The molecule has 0 aliphatic carbocycles. The van der Waals surface area contributed by atoms with E-state index in [2.05, 4.69) is 74.9 Å². The van der Waals surface area contributed by atoms with Gasteiger partial charge in [0.05, 0.1) is 0 Å². The molecule has 0 fully saturated rings. The van der Waals surface area contributed by atoms with Crippen LogP contribution in [0.1, 0.15) is 31.1 Å². The summed E-state index contributed by atoms with van der Waals surface area (Å²) in [5.41, 5.74) is 4.36. The van der Waals surface area contributed by atoms with Crippen molar-refractivity contribution in [3.8, 4) is 22.5 Å². The molecule has 2 aromatic carbocycles. The van der Waals surface area contributed by atoms with E-state index in [1.807, 2.05) is 22.9 Å². The number of rotatable bonds is 6. The van der Waals surface area contributed by atoms with Crippen molar-refractivity contribution in [2.75, 3.05) is 0 Å². The number of aromatic amines is 1. The number of H-pyrrole nitrogens is 1. The molecule has 1 N–H and O–H groups in total. The van der Waals surface area contributed by atoms with Crippen LogP contribution in [0.25, 0.3) is 22.5 Å². The molecule has 0 amide bonds. The van der Waals surface area contributed by atoms with Crippen LogP contribution in [0.2, 0.25) is 0 Å². The van der Waals surface area contributed by atoms with Crippen LogP contribution in [-0.2, 0) is 19.4 Å². The van der Waals surface area contributed by atoms with Gasteiger partial charge >= 0.3 is 0 Å². The van der Waals surface area contributed by atoms with Gasteiger partial charge in [-0.25, -0.2) is 9.67 Å². The zero-order valence-corrected chi connectivity index (χ0v) is 15.4. The lowest BCUT2D eigenvalue weighted by Gasteiger charge is -2.08. The number of hydrogen-bond acceptors (Lipinski definition) is 5. The van der Waals surface area contributed by atoms with E-state index in [9.17, 15) is 0 Å². The minimum Gasteiger partial charge on any atom is -0.250 e. The van der Waals surface area contributed by atoms with Gasteiger partial charge in [-0.15, -0.1) is 10.2 Å². The van der Waals surface area contributed by atoms with E-state index in [0.717, 1.165) is 47.7 Å². The average molecular weight is 359 g/mol. The highest BCUT2D eigenvalue weighted by Gasteiger charge is 2.12. The quantitative estimate of drug-likeness (QED) is 0.571. The highest BCUT2D eigenvalue weighted by Crippen LogP contribution is 2.29. The summed E-state index contributed by atoms with van der Waals surface area (Å²) in [5.74, 6) is 2.50. The molecule has 2 aromatic heterocycles. The Morgan fingerprint density at radius 2 is 1.74 bits per heavy atom. The molecule has 0 aliphatic rings. The normalized spacial score (nSPS) is 11.0. The van der Waals surface area contributed by atoms with Gasteiger partial charge in [0.15, 0.2) is 5.82 Å². The molecule has 0 saturated carbocycles. The predicted molar refractivity (Wildman–Crippen MR) is 103 cm³/mol. The van der Waals surface area contributed by atoms with Crippen LogP contribution in [0, 0.1) is 0 Å². The highest BCUT2D eigenvalue weighted by molar-refractivity contribution is 5.80. The maximum atomic E-state index is 4.65. The van der Waals surface area contributed by atoms with E-state index in [0.29, 0.717) is 5.82 Å². The van der Waals surface area contributed by atoms with Crippen molar-refractivity contribution in [2.45, 2.75) is 33.2 Å². The third kappa shape index (κ3) is 3.48. The van der Waals surface area contributed by atoms with E-state index in [1.54, 1.807) is 0 Å². The Hall–Kier alpha value is -3.35. The summed E-state index contributed by atoms with van der Waals surface area (Å²) in [6.45, 7) is 5.00. The van der Waals surface area contributed by atoms with Gasteiger partial charge in [-0.2, -0.15) is 10.3 Å². The third-order valence-electron chi connectivity index (χ3n) is 4.55. The summed E-state index contributed by atoms with van der Waals surface area (Å²) in [6.07, 6.45) is 1.62. The van der Waals surface area contributed by atoms with Crippen LogP contribution < -0.4 is 0 Å². The first-order valence-corrected chi connectivity index (χ1v) is 9.13. The van der Waals surface area contributed by atoms with Crippen LogP contribution in [0.3, 0.4) is 0 Å². The largest absolute Gasteiger partial charge is 0.250 e. The molecule has 136 valence electrons. The van der Waals surface area contributed by atoms with Gasteiger partial charge in [-0.1, -0.05) is 55.5 Å². The lowest BCUT2D eigenvalue weighted by atomic mass is 9.98. The lowest BCUT2D eigenvalue weighted by molar-refractivity contribution is 0.618. The zero-order chi connectivity index (χ0) is 18.6. The van der Waals surface area contributed by atoms with Crippen LogP contribution in [-0.4, -0.2) is 35.4 Å². The molecule has 0 bridgehead atoms. The standard InChI is InChI=1S/C20H21N7/c1-3-18-21-19(27(4-2)24-18)13-14-9-11-15(12-10-14)16-7-5-6-8-17(16)20-22-25-26-23-20/h5-12H,3-4,13H2,1-2H3,(H,22,23,25,26). The Bertz CT molecular complexity index is 1020. The van der Waals surface area contributed by atoms with Gasteiger partial charge in [-0.3, -0.25) is 0 Å². The molecule has 27 heavy (non-hydrogen) atoms. The summed E-state index contributed by atoms with van der Waals surface area (Å²) < 4.78 is 1.98. The second-order valence-corrected chi connectivity index (χ2v) is 6.27. The van der Waals surface area contributed by atoms with Crippen LogP contribution in [0.15, 0.2) is 48.5 Å². The highest BCUT2D eigenvalue weighted by atomic mass is 15.5. The van der Waals surface area contributed by atoms with Gasteiger partial charge in [0.2, 0.25) is 5.82 Å². The molecule has 0 aliphatic heterocycles. The Labute approximate surface area is 157 Å². The second kappa shape index (κ2) is 7.49. The monoisotopic (exact) mass is 359 g/mol. The molecule has 0 saturated heterocycles. The molecule has 0 radical (unpaired) electrons. The fourth-order valence-corrected chi connectivity index (χ4v) is 3.15. The molecule has 0 spiro atoms. The molecule has 4 aromatic rings. The number of nitrogens with one attached hydrogen (secondary N) is 1. The van der Waals surface area contributed by atoms with Crippen molar-refractivity contribution in [1.29, 1.82) is 0 Å². The third-order valence-corrected chi connectivity index (χ3v) is 4.55. The second-order valence-electron chi connectivity index (χ2n) is 6.27. The molecule has 4 rings (SSSR count). The summed E-state index contributed by atoms with van der Waals surface area (Å²) in [7, 11) is 0. The minimum absolute atomic E-state index is 0.595. The van der Waals surface area contributed by atoms with E-state index in [1.165, 1.54) is 5.56 Å². The Morgan fingerprint density at radius 3 is 2.41 bits per heavy atom. The van der Waals surface area contributed by atoms with Crippen molar-refractivity contribution < 1.29 is 0 Å². The number of nitrogens with zero attached hydrogens (tertiary/aromatic N) is 6. The van der Waals surface area contributed by atoms with Crippen LogP contribution in [0.4, 0.5) is 0 Å². The molecule has 0 unspecified atom stereocenters. The van der Waals surface area contributed by atoms with Crippen molar-refractivity contribution in [3.05, 3.63) is 65.7 Å². The predicted octanol–water partition coefficient (Wildman–Crippen LogP) is 3.30. The first-order chi connectivity index (χ1) is 13.3. The van der Waals surface area contributed by atoms with E-state index < -0.39 is 0 Å². The zero-order valence-electron chi connectivity index (χ0n) is 15.4. The molecule has 0 atom stereocenters. The average Bonchev–Trinajstić information content (AvgIpc) is 3.38. The minimum atomic E-state index is 0.595. The fraction of sp³-hybridized carbons (Fsp3) is 0.250. The van der Waals surface area contributed by atoms with E-state index in [-0.39, 0.29) is 0 Å². The van der Waals surface area contributed by atoms with E-state index >= 15 is 0 Å². The van der Waals surface area contributed by atoms with Crippen molar-refractivity contribution in [2.24, 2.45) is 0 Å². The van der Waals surface area contributed by atoms with Crippen molar-refractivity contribution in [1.82, 2.24) is 35.4 Å². The first kappa shape index (κ1) is 17.1.